The molecular formula is C18H10ClFN2O6S. The van der Waals surface area contributed by atoms with Gasteiger partial charge in [-0.05, 0) is 17.5 Å². The van der Waals surface area contributed by atoms with Gasteiger partial charge < -0.3 is 15.6 Å². The maximum atomic E-state index is 13.9. The lowest BCUT2D eigenvalue weighted by molar-refractivity contribution is -0.134. The Morgan fingerprint density at radius 2 is 2.00 bits per heavy atom. The molecule has 0 fully saturated rings. The van der Waals surface area contributed by atoms with E-state index in [2.05, 4.69) is 0 Å². The third-order valence-electron chi connectivity index (χ3n) is 3.72. The molecule has 3 N–H and O–H groups in total. The minimum atomic E-state index is -1.38. The number of primary amides is 1. The van der Waals surface area contributed by atoms with Crippen LogP contribution in [0.25, 0.3) is 11.3 Å². The van der Waals surface area contributed by atoms with E-state index >= 15 is 0 Å². The lowest BCUT2D eigenvalue weighted by Gasteiger charge is -2.12. The molecule has 1 aliphatic rings. The van der Waals surface area contributed by atoms with Crippen LogP contribution in [0, 0.1) is 5.82 Å². The number of aliphatic carboxylic acids is 1. The van der Waals surface area contributed by atoms with Gasteiger partial charge in [-0.25, -0.2) is 23.7 Å². The zero-order valence-electron chi connectivity index (χ0n) is 14.2. The predicted molar refractivity (Wildman–Crippen MR) is 102 cm³/mol. The topological polar surface area (TPSA) is 127 Å². The highest BCUT2D eigenvalue weighted by atomic mass is 35.5. The maximum Gasteiger partial charge on any atom is 0.336 e. The van der Waals surface area contributed by atoms with Crippen LogP contribution in [0.1, 0.15) is 10.4 Å². The van der Waals surface area contributed by atoms with Crippen LogP contribution >= 0.6 is 22.9 Å². The minimum absolute atomic E-state index is 0.0265. The fourth-order valence-electron chi connectivity index (χ4n) is 2.60. The number of nitrogens with two attached hydrogens (primary N) is 1. The third-order valence-corrected chi connectivity index (χ3v) is 4.88. The lowest BCUT2D eigenvalue weighted by Crippen LogP contribution is -2.38. The van der Waals surface area contributed by atoms with Crippen molar-refractivity contribution in [1.82, 2.24) is 0 Å². The summed E-state index contributed by atoms with van der Waals surface area (Å²) in [6, 6.07) is 3.95. The Hall–Kier alpha value is -3.50. The number of rotatable bonds is 4. The highest BCUT2D eigenvalue weighted by molar-refractivity contribution is 7.11. The SMILES string of the molecule is NC(=O)N1C(=O)/C(=C(\OC(=O)/C=C/C(=O)O)c2cccs2)c2cc(Cl)c(F)cc21. The van der Waals surface area contributed by atoms with Crippen molar-refractivity contribution < 1.29 is 33.4 Å². The van der Waals surface area contributed by atoms with Crippen LogP contribution in [0.4, 0.5) is 14.9 Å². The summed E-state index contributed by atoms with van der Waals surface area (Å²) in [5.41, 5.74) is 4.88. The number of halogens is 2. The monoisotopic (exact) mass is 436 g/mol. The van der Waals surface area contributed by atoms with E-state index in [0.717, 1.165) is 23.5 Å². The molecule has 0 saturated carbocycles. The molecule has 1 aliphatic heterocycles. The molecule has 3 rings (SSSR count). The molecule has 148 valence electrons. The standard InChI is InChI=1S/C18H10ClFN2O6S/c19-9-6-8-11(7-10(9)20)22(18(21)27)17(26)15(8)16(12-2-1-5-29-12)28-14(25)4-3-13(23)24/h1-7H,(H2,21,27)(H,23,24)/b4-3+,16-15-. The molecular weight excluding hydrogens is 427 g/mol. The number of amides is 3. The van der Waals surface area contributed by atoms with Crippen molar-refractivity contribution in [1.29, 1.82) is 0 Å². The van der Waals surface area contributed by atoms with E-state index in [1.54, 1.807) is 11.4 Å². The number of urea groups is 1. The van der Waals surface area contributed by atoms with Gasteiger partial charge in [-0.15, -0.1) is 11.3 Å². The lowest BCUT2D eigenvalue weighted by atomic mass is 10.0. The number of hydrogen-bond donors (Lipinski definition) is 2. The summed E-state index contributed by atoms with van der Waals surface area (Å²) in [5, 5.41) is 9.96. The number of ether oxygens (including phenoxy) is 1. The smallest absolute Gasteiger partial charge is 0.336 e. The molecule has 1 aromatic heterocycles. The number of hydrogen-bond acceptors (Lipinski definition) is 6. The van der Waals surface area contributed by atoms with Gasteiger partial charge in [0.1, 0.15) is 5.82 Å². The molecule has 0 atom stereocenters. The van der Waals surface area contributed by atoms with E-state index in [0.29, 0.717) is 21.9 Å². The number of imide groups is 1. The largest absolute Gasteiger partial charge is 0.478 e. The molecule has 0 unspecified atom stereocenters. The van der Waals surface area contributed by atoms with Gasteiger partial charge in [0, 0.05) is 23.8 Å². The van der Waals surface area contributed by atoms with Gasteiger partial charge >= 0.3 is 18.0 Å². The van der Waals surface area contributed by atoms with Crippen molar-refractivity contribution in [3.63, 3.8) is 0 Å². The van der Waals surface area contributed by atoms with E-state index in [9.17, 15) is 23.6 Å². The number of esters is 1. The van der Waals surface area contributed by atoms with Crippen LogP contribution < -0.4 is 10.6 Å². The Balaban J connectivity index is 2.24. The Bertz CT molecular complexity index is 1110. The van der Waals surface area contributed by atoms with Crippen LogP contribution in [0.5, 0.6) is 0 Å². The summed E-state index contributed by atoms with van der Waals surface area (Å²) in [6.45, 7) is 0. The van der Waals surface area contributed by atoms with E-state index in [1.807, 2.05) is 0 Å². The number of carboxylic acid groups (broad SMARTS) is 1. The molecule has 3 amide bonds. The third kappa shape index (κ3) is 3.89. The van der Waals surface area contributed by atoms with Gasteiger partial charge in [-0.2, -0.15) is 0 Å². The first-order valence-electron chi connectivity index (χ1n) is 7.75. The van der Waals surface area contributed by atoms with Crippen molar-refractivity contribution in [2.45, 2.75) is 0 Å². The molecule has 0 aliphatic carbocycles. The quantitative estimate of drug-likeness (QED) is 0.431. The number of anilines is 1. The highest BCUT2D eigenvalue weighted by Gasteiger charge is 2.40. The molecule has 2 heterocycles. The summed E-state index contributed by atoms with van der Waals surface area (Å²) < 4.78 is 19.2. The van der Waals surface area contributed by atoms with Gasteiger partial charge in [0.15, 0.2) is 5.76 Å². The average molecular weight is 437 g/mol. The number of carboxylic acids is 1. The normalized spacial score (nSPS) is 14.8. The maximum absolute atomic E-state index is 13.9. The Labute approximate surface area is 171 Å². The molecule has 0 saturated heterocycles. The summed E-state index contributed by atoms with van der Waals surface area (Å²) in [6.07, 6.45) is 1.21. The predicted octanol–water partition coefficient (Wildman–Crippen LogP) is 3.02. The minimum Gasteiger partial charge on any atom is -0.478 e. The summed E-state index contributed by atoms with van der Waals surface area (Å²) in [5.74, 6) is -4.55. The van der Waals surface area contributed by atoms with E-state index in [4.69, 9.17) is 27.2 Å². The number of carbonyl (C=O) groups excluding carboxylic acids is 3. The van der Waals surface area contributed by atoms with Crippen molar-refractivity contribution in [2.75, 3.05) is 4.90 Å². The van der Waals surface area contributed by atoms with Crippen LogP contribution in [0.2, 0.25) is 5.02 Å². The van der Waals surface area contributed by atoms with Crippen molar-refractivity contribution in [3.05, 3.63) is 63.1 Å². The van der Waals surface area contributed by atoms with Crippen molar-refractivity contribution in [3.8, 4) is 0 Å². The van der Waals surface area contributed by atoms with Crippen LogP contribution in [-0.4, -0.2) is 29.0 Å². The summed E-state index contributed by atoms with van der Waals surface area (Å²) in [7, 11) is 0. The zero-order chi connectivity index (χ0) is 21.3. The highest BCUT2D eigenvalue weighted by Crippen LogP contribution is 2.43. The number of benzene rings is 1. The molecule has 29 heavy (non-hydrogen) atoms. The first-order valence-corrected chi connectivity index (χ1v) is 9.00. The van der Waals surface area contributed by atoms with E-state index < -0.39 is 29.7 Å². The zero-order valence-corrected chi connectivity index (χ0v) is 15.8. The van der Waals surface area contributed by atoms with Crippen LogP contribution in [0.15, 0.2) is 41.8 Å². The molecule has 8 nitrogen and oxygen atoms in total. The fraction of sp³-hybridized carbons (Fsp3) is 0. The van der Waals surface area contributed by atoms with E-state index in [1.165, 1.54) is 6.07 Å². The van der Waals surface area contributed by atoms with Crippen molar-refractivity contribution in [2.24, 2.45) is 5.73 Å². The molecule has 11 heteroatoms. The second-order valence-corrected chi connectivity index (χ2v) is 6.89. The molecule has 0 radical (unpaired) electrons. The molecule has 1 aromatic carbocycles. The number of carbonyl (C=O) groups is 4. The Morgan fingerprint density at radius 1 is 1.28 bits per heavy atom. The van der Waals surface area contributed by atoms with Gasteiger partial charge in [-0.3, -0.25) is 4.79 Å². The second-order valence-electron chi connectivity index (χ2n) is 5.54. The van der Waals surface area contributed by atoms with Crippen LogP contribution in [-0.2, 0) is 19.1 Å². The number of thiophene rings is 1. The fourth-order valence-corrected chi connectivity index (χ4v) is 3.48. The van der Waals surface area contributed by atoms with Crippen molar-refractivity contribution >= 4 is 63.8 Å². The van der Waals surface area contributed by atoms with Gasteiger partial charge in [0.25, 0.3) is 5.91 Å². The van der Waals surface area contributed by atoms with Gasteiger partial charge in [0.2, 0.25) is 0 Å². The molecule has 2 aromatic rings. The van der Waals surface area contributed by atoms with Gasteiger partial charge in [-0.1, -0.05) is 17.7 Å². The average Bonchev–Trinajstić information content (AvgIpc) is 3.25. The second kappa shape index (κ2) is 7.86. The number of fused-ring (bicyclic) bond motifs is 1. The Kier molecular flexibility index (Phi) is 5.48. The summed E-state index contributed by atoms with van der Waals surface area (Å²) in [4.78, 5) is 48.2. The number of nitrogens with zero attached hydrogens (tertiary/aromatic N) is 1. The summed E-state index contributed by atoms with van der Waals surface area (Å²) >= 11 is 6.94. The first-order chi connectivity index (χ1) is 13.7. The molecule has 0 bridgehead atoms. The Morgan fingerprint density at radius 3 is 2.59 bits per heavy atom. The van der Waals surface area contributed by atoms with E-state index in [-0.39, 0.29) is 27.6 Å². The van der Waals surface area contributed by atoms with Gasteiger partial charge in [0.05, 0.1) is 21.2 Å². The first kappa shape index (κ1) is 20.2. The molecule has 0 spiro atoms. The van der Waals surface area contributed by atoms with Crippen LogP contribution in [0.3, 0.4) is 0 Å².